The minimum Gasteiger partial charge on any atom is -0.267 e. The fourth-order valence-electron chi connectivity index (χ4n) is 1.64. The van der Waals surface area contributed by atoms with Gasteiger partial charge in [0.15, 0.2) is 0 Å². The number of carbonyl (C=O) groups is 1. The lowest BCUT2D eigenvalue weighted by molar-refractivity contribution is 0.101. The van der Waals surface area contributed by atoms with Crippen LogP contribution in [0.3, 0.4) is 0 Å². The Morgan fingerprint density at radius 3 is 2.41 bits per heavy atom. The van der Waals surface area contributed by atoms with Crippen molar-refractivity contribution < 1.29 is 9.18 Å². The number of hydrogen-bond acceptors (Lipinski definition) is 1. The highest BCUT2D eigenvalue weighted by atomic mass is 19.1. The van der Waals surface area contributed by atoms with Crippen LogP contribution in [0.25, 0.3) is 0 Å². The van der Waals surface area contributed by atoms with Gasteiger partial charge in [0, 0.05) is 17.0 Å². The number of halogens is 1. The number of nitrogens with one attached hydrogen (secondary N) is 1. The third kappa shape index (κ3) is 2.36. The quantitative estimate of drug-likeness (QED) is 0.848. The van der Waals surface area contributed by atoms with E-state index >= 15 is 0 Å². The van der Waals surface area contributed by atoms with E-state index in [0.29, 0.717) is 5.56 Å². The summed E-state index contributed by atoms with van der Waals surface area (Å²) in [7, 11) is 0. The summed E-state index contributed by atoms with van der Waals surface area (Å²) in [6.07, 6.45) is 0. The zero-order valence-corrected chi connectivity index (χ0v) is 9.70. The van der Waals surface area contributed by atoms with Gasteiger partial charge < -0.3 is 0 Å². The van der Waals surface area contributed by atoms with Crippen molar-refractivity contribution in [3.05, 3.63) is 59.2 Å². The molecule has 3 nitrogen and oxygen atoms in total. The first-order chi connectivity index (χ1) is 8.08. The van der Waals surface area contributed by atoms with Gasteiger partial charge in [-0.3, -0.25) is 14.9 Å². The second-order valence-corrected chi connectivity index (χ2v) is 3.90. The molecule has 0 saturated carbocycles. The minimum atomic E-state index is -0.418. The maximum absolute atomic E-state index is 13.0. The third-order valence-electron chi connectivity index (χ3n) is 2.57. The van der Waals surface area contributed by atoms with Crippen LogP contribution in [0.5, 0.6) is 0 Å². The van der Waals surface area contributed by atoms with E-state index in [1.807, 2.05) is 26.0 Å². The molecular formula is C13H13FN2O. The molecule has 0 saturated heterocycles. The van der Waals surface area contributed by atoms with Gasteiger partial charge >= 0.3 is 0 Å². The summed E-state index contributed by atoms with van der Waals surface area (Å²) in [5.74, 6) is -0.745. The molecule has 88 valence electrons. The van der Waals surface area contributed by atoms with E-state index in [1.54, 1.807) is 10.7 Å². The zero-order chi connectivity index (χ0) is 12.4. The van der Waals surface area contributed by atoms with Crippen molar-refractivity contribution in [2.24, 2.45) is 0 Å². The maximum atomic E-state index is 13.0. The average Bonchev–Trinajstić information content (AvgIpc) is 2.61. The summed E-state index contributed by atoms with van der Waals surface area (Å²) in [5, 5.41) is 0. The van der Waals surface area contributed by atoms with E-state index in [1.165, 1.54) is 18.2 Å². The molecule has 2 aromatic rings. The van der Waals surface area contributed by atoms with Gasteiger partial charge in [0.05, 0.1) is 0 Å². The van der Waals surface area contributed by atoms with Crippen LogP contribution in [0.2, 0.25) is 0 Å². The Hall–Kier alpha value is -2.10. The van der Waals surface area contributed by atoms with Gasteiger partial charge in [0.2, 0.25) is 0 Å². The molecule has 0 aliphatic heterocycles. The summed E-state index contributed by atoms with van der Waals surface area (Å²) in [6.45, 7) is 3.78. The van der Waals surface area contributed by atoms with Gasteiger partial charge in [-0.2, -0.15) is 0 Å². The van der Waals surface area contributed by atoms with Crippen molar-refractivity contribution in [3.63, 3.8) is 0 Å². The standard InChI is InChI=1S/C13H13FN2O/c1-9-6-7-10(2)16(9)15-13(17)11-4-3-5-12(14)8-11/h3-8H,1-2H3,(H,15,17). The Morgan fingerprint density at radius 1 is 1.18 bits per heavy atom. The number of aryl methyl sites for hydroxylation is 2. The minimum absolute atomic E-state index is 0.303. The molecule has 0 aliphatic rings. The van der Waals surface area contributed by atoms with Crippen LogP contribution in [0.4, 0.5) is 4.39 Å². The summed E-state index contributed by atoms with van der Waals surface area (Å²) in [4.78, 5) is 11.9. The fourth-order valence-corrected chi connectivity index (χ4v) is 1.64. The van der Waals surface area contributed by atoms with Gasteiger partial charge in [0.1, 0.15) is 5.82 Å². The Bertz CT molecular complexity index is 541. The summed E-state index contributed by atoms with van der Waals surface area (Å²) in [6, 6.07) is 9.42. The summed E-state index contributed by atoms with van der Waals surface area (Å²) >= 11 is 0. The second kappa shape index (κ2) is 4.41. The fraction of sp³-hybridized carbons (Fsp3) is 0.154. The number of aromatic nitrogens is 1. The predicted molar refractivity (Wildman–Crippen MR) is 64.0 cm³/mol. The van der Waals surface area contributed by atoms with Crippen molar-refractivity contribution in [2.75, 3.05) is 5.43 Å². The third-order valence-corrected chi connectivity index (χ3v) is 2.57. The van der Waals surface area contributed by atoms with Crippen LogP contribution in [0.15, 0.2) is 36.4 Å². The van der Waals surface area contributed by atoms with Crippen LogP contribution >= 0.6 is 0 Å². The van der Waals surface area contributed by atoms with E-state index in [0.717, 1.165) is 11.4 Å². The van der Waals surface area contributed by atoms with Gasteiger partial charge in [-0.15, -0.1) is 0 Å². The molecule has 1 aromatic heterocycles. The molecule has 1 N–H and O–H groups in total. The number of carbonyl (C=O) groups excluding carboxylic acids is 1. The zero-order valence-electron chi connectivity index (χ0n) is 9.70. The lowest BCUT2D eigenvalue weighted by Gasteiger charge is -2.11. The predicted octanol–water partition coefficient (Wildman–Crippen LogP) is 2.63. The molecule has 0 unspecified atom stereocenters. The number of nitrogens with zero attached hydrogens (tertiary/aromatic N) is 1. The molecule has 0 radical (unpaired) electrons. The first-order valence-corrected chi connectivity index (χ1v) is 5.30. The largest absolute Gasteiger partial charge is 0.270 e. The molecule has 1 amide bonds. The summed E-state index contributed by atoms with van der Waals surface area (Å²) in [5.41, 5.74) is 4.86. The van der Waals surface area contributed by atoms with E-state index in [-0.39, 0.29) is 5.91 Å². The molecule has 0 atom stereocenters. The molecule has 0 spiro atoms. The Balaban J connectivity index is 2.23. The molecule has 17 heavy (non-hydrogen) atoms. The Kier molecular flexibility index (Phi) is 2.95. The number of benzene rings is 1. The van der Waals surface area contributed by atoms with Gasteiger partial charge in [0.25, 0.3) is 5.91 Å². The van der Waals surface area contributed by atoms with Gasteiger partial charge in [-0.25, -0.2) is 4.39 Å². The monoisotopic (exact) mass is 232 g/mol. The second-order valence-electron chi connectivity index (χ2n) is 3.90. The van der Waals surface area contributed by atoms with Crippen LogP contribution < -0.4 is 5.43 Å². The first kappa shape index (κ1) is 11.4. The summed E-state index contributed by atoms with van der Waals surface area (Å²) < 4.78 is 14.7. The van der Waals surface area contributed by atoms with E-state index in [9.17, 15) is 9.18 Å². The molecular weight excluding hydrogens is 219 g/mol. The van der Waals surface area contributed by atoms with Gasteiger partial charge in [-0.1, -0.05) is 6.07 Å². The lowest BCUT2D eigenvalue weighted by atomic mass is 10.2. The number of rotatable bonds is 2. The molecule has 4 heteroatoms. The van der Waals surface area contributed by atoms with Crippen molar-refractivity contribution in [1.82, 2.24) is 4.68 Å². The average molecular weight is 232 g/mol. The van der Waals surface area contributed by atoms with Gasteiger partial charge in [-0.05, 0) is 44.2 Å². The first-order valence-electron chi connectivity index (χ1n) is 5.30. The highest BCUT2D eigenvalue weighted by Gasteiger charge is 2.08. The molecule has 1 heterocycles. The van der Waals surface area contributed by atoms with Crippen LogP contribution in [-0.4, -0.2) is 10.6 Å². The van der Waals surface area contributed by atoms with Crippen molar-refractivity contribution in [3.8, 4) is 0 Å². The molecule has 1 aromatic carbocycles. The highest BCUT2D eigenvalue weighted by molar-refractivity contribution is 6.00. The van der Waals surface area contributed by atoms with E-state index in [4.69, 9.17) is 0 Å². The molecule has 2 rings (SSSR count). The molecule has 0 fully saturated rings. The van der Waals surface area contributed by atoms with Crippen LogP contribution in [0, 0.1) is 19.7 Å². The maximum Gasteiger partial charge on any atom is 0.270 e. The Labute approximate surface area is 98.8 Å². The van der Waals surface area contributed by atoms with Crippen molar-refractivity contribution in [2.45, 2.75) is 13.8 Å². The van der Waals surface area contributed by atoms with E-state index < -0.39 is 5.82 Å². The molecule has 0 aliphatic carbocycles. The van der Waals surface area contributed by atoms with Crippen molar-refractivity contribution >= 4 is 5.91 Å². The normalized spacial score (nSPS) is 10.3. The van der Waals surface area contributed by atoms with Crippen LogP contribution in [-0.2, 0) is 0 Å². The van der Waals surface area contributed by atoms with Crippen LogP contribution in [0.1, 0.15) is 21.7 Å². The number of amides is 1. The smallest absolute Gasteiger partial charge is 0.267 e. The van der Waals surface area contributed by atoms with Crippen molar-refractivity contribution in [1.29, 1.82) is 0 Å². The number of hydrogen-bond donors (Lipinski definition) is 1. The highest BCUT2D eigenvalue weighted by Crippen LogP contribution is 2.07. The topological polar surface area (TPSA) is 34.0 Å². The molecule has 0 bridgehead atoms. The Morgan fingerprint density at radius 2 is 1.82 bits per heavy atom. The van der Waals surface area contributed by atoms with E-state index in [2.05, 4.69) is 5.43 Å². The SMILES string of the molecule is Cc1ccc(C)n1NC(=O)c1cccc(F)c1. The lowest BCUT2D eigenvalue weighted by Crippen LogP contribution is -2.24.